The molecule has 1 amide bonds. The van der Waals surface area contributed by atoms with Gasteiger partial charge in [0.25, 0.3) is 0 Å². The van der Waals surface area contributed by atoms with Crippen molar-refractivity contribution in [1.29, 1.82) is 0 Å². The number of pyridine rings is 1. The molecule has 7 nitrogen and oxygen atoms in total. The van der Waals surface area contributed by atoms with E-state index in [2.05, 4.69) is 10.3 Å². The lowest BCUT2D eigenvalue weighted by Gasteiger charge is -2.22. The third kappa shape index (κ3) is 4.35. The molecule has 0 aliphatic carbocycles. The van der Waals surface area contributed by atoms with Crippen LogP contribution in [0, 0.1) is 0 Å². The molecular weight excluding hydrogens is 425 g/mol. The zero-order chi connectivity index (χ0) is 20.7. The van der Waals surface area contributed by atoms with Gasteiger partial charge in [0.1, 0.15) is 10.8 Å². The Hall–Kier alpha value is -1.61. The van der Waals surface area contributed by atoms with Crippen LogP contribution >= 0.6 is 23.2 Å². The molecule has 10 heteroatoms. The fourth-order valence-corrected chi connectivity index (χ4v) is 5.33. The molecule has 1 aliphatic heterocycles. The molecule has 28 heavy (non-hydrogen) atoms. The van der Waals surface area contributed by atoms with Crippen LogP contribution in [-0.2, 0) is 14.8 Å². The molecule has 2 heterocycles. The molecule has 152 valence electrons. The van der Waals surface area contributed by atoms with E-state index in [4.69, 9.17) is 27.9 Å². The van der Waals surface area contributed by atoms with Crippen LogP contribution in [0.5, 0.6) is 0 Å². The first-order valence-electron chi connectivity index (χ1n) is 8.71. The fraction of sp³-hybridized carbons (Fsp3) is 0.444. The van der Waals surface area contributed by atoms with Crippen LogP contribution in [0.25, 0.3) is 10.8 Å². The highest BCUT2D eigenvalue weighted by Gasteiger charge is 2.35. The number of amides is 1. The number of sulfonamides is 1. The van der Waals surface area contributed by atoms with Crippen LogP contribution in [0.15, 0.2) is 29.3 Å². The second kappa shape index (κ2) is 7.67. The highest BCUT2D eigenvalue weighted by atomic mass is 35.5. The van der Waals surface area contributed by atoms with Crippen LogP contribution < -0.4 is 5.32 Å². The van der Waals surface area contributed by atoms with Gasteiger partial charge in [-0.1, -0.05) is 35.3 Å². The average molecular weight is 446 g/mol. The van der Waals surface area contributed by atoms with Crippen molar-refractivity contribution in [3.05, 3.63) is 34.6 Å². The summed E-state index contributed by atoms with van der Waals surface area (Å²) < 4.78 is 33.0. The average Bonchev–Trinajstić information content (AvgIpc) is 3.05. The molecule has 1 atom stereocenters. The Balaban J connectivity index is 1.85. The van der Waals surface area contributed by atoms with Gasteiger partial charge in [-0.05, 0) is 33.3 Å². The van der Waals surface area contributed by atoms with Gasteiger partial charge in [0, 0.05) is 36.1 Å². The summed E-state index contributed by atoms with van der Waals surface area (Å²) in [6, 6.07) is 4.44. The van der Waals surface area contributed by atoms with Gasteiger partial charge in [-0.25, -0.2) is 18.2 Å². The topological polar surface area (TPSA) is 88.6 Å². The third-order valence-corrected chi connectivity index (χ3v) is 6.76. The number of nitrogens with zero attached hydrogens (tertiary/aromatic N) is 2. The number of nitrogens with one attached hydrogen (secondary N) is 1. The predicted octanol–water partition coefficient (Wildman–Crippen LogP) is 3.83. The normalized spacial score (nSPS) is 18.4. The predicted molar refractivity (Wildman–Crippen MR) is 108 cm³/mol. The van der Waals surface area contributed by atoms with Crippen molar-refractivity contribution in [3.8, 4) is 0 Å². The van der Waals surface area contributed by atoms with Crippen LogP contribution in [0.2, 0.25) is 10.2 Å². The number of alkyl carbamates (subject to hydrolysis) is 1. The van der Waals surface area contributed by atoms with Crippen LogP contribution in [0.4, 0.5) is 4.79 Å². The summed E-state index contributed by atoms with van der Waals surface area (Å²) in [4.78, 5) is 16.0. The Morgan fingerprint density at radius 1 is 1.32 bits per heavy atom. The van der Waals surface area contributed by atoms with Gasteiger partial charge in [0.05, 0.1) is 9.92 Å². The Kier molecular flexibility index (Phi) is 5.78. The number of carbonyl (C=O) groups is 1. The Labute approximate surface area is 174 Å². The molecule has 1 aliphatic rings. The van der Waals surface area contributed by atoms with Gasteiger partial charge in [-0.2, -0.15) is 4.31 Å². The summed E-state index contributed by atoms with van der Waals surface area (Å²) >= 11 is 12.3. The fourth-order valence-electron chi connectivity index (χ4n) is 3.09. The van der Waals surface area contributed by atoms with Gasteiger partial charge in [0.15, 0.2) is 0 Å². The largest absolute Gasteiger partial charge is 0.444 e. The summed E-state index contributed by atoms with van der Waals surface area (Å²) in [7, 11) is -3.84. The van der Waals surface area contributed by atoms with Crippen molar-refractivity contribution in [3.63, 3.8) is 0 Å². The molecule has 1 saturated heterocycles. The highest BCUT2D eigenvalue weighted by Crippen LogP contribution is 2.35. The number of aromatic nitrogens is 1. The van der Waals surface area contributed by atoms with E-state index in [9.17, 15) is 13.2 Å². The molecule has 1 aromatic carbocycles. The zero-order valence-electron chi connectivity index (χ0n) is 15.7. The molecule has 1 fully saturated rings. The monoisotopic (exact) mass is 445 g/mol. The van der Waals surface area contributed by atoms with Crippen molar-refractivity contribution in [2.75, 3.05) is 13.1 Å². The lowest BCUT2D eigenvalue weighted by molar-refractivity contribution is 0.0507. The summed E-state index contributed by atoms with van der Waals surface area (Å²) in [6.45, 7) is 5.72. The maximum Gasteiger partial charge on any atom is 0.407 e. The molecule has 0 bridgehead atoms. The summed E-state index contributed by atoms with van der Waals surface area (Å²) in [5.74, 6) is 0. The molecule has 0 spiro atoms. The number of benzene rings is 1. The SMILES string of the molecule is CC(C)(C)OC(=O)N[C@H]1CCN(S(=O)(=O)c2cccc3c(Cl)ncc(Cl)c23)C1. The van der Waals surface area contributed by atoms with Crippen LogP contribution in [0.1, 0.15) is 27.2 Å². The van der Waals surface area contributed by atoms with Gasteiger partial charge in [0.2, 0.25) is 10.0 Å². The molecular formula is C18H21Cl2N3O4S. The minimum Gasteiger partial charge on any atom is -0.444 e. The van der Waals surface area contributed by atoms with Gasteiger partial charge in [-0.3, -0.25) is 0 Å². The number of fused-ring (bicyclic) bond motifs is 1. The Bertz CT molecular complexity index is 1020. The second-order valence-corrected chi connectivity index (χ2v) is 10.2. The first kappa shape index (κ1) is 21.1. The van der Waals surface area contributed by atoms with E-state index in [1.165, 1.54) is 16.6 Å². The van der Waals surface area contributed by atoms with Crippen LogP contribution in [-0.4, -0.2) is 48.5 Å². The summed E-state index contributed by atoms with van der Waals surface area (Å²) in [5, 5.41) is 3.93. The number of hydrogen-bond acceptors (Lipinski definition) is 5. The van der Waals surface area contributed by atoms with E-state index in [1.54, 1.807) is 32.9 Å². The molecule has 2 aromatic rings. The van der Waals surface area contributed by atoms with E-state index < -0.39 is 21.7 Å². The molecule has 1 aromatic heterocycles. The maximum absolute atomic E-state index is 13.2. The minimum absolute atomic E-state index is 0.0669. The lowest BCUT2D eigenvalue weighted by Crippen LogP contribution is -2.41. The standard InChI is InChI=1S/C18H21Cl2N3O4S/c1-18(2,3)27-17(24)22-11-7-8-23(10-11)28(25,26)14-6-4-5-12-15(14)13(19)9-21-16(12)20/h4-6,9,11H,7-8,10H2,1-3H3,(H,22,24)/t11-/m0/s1. The number of carbonyl (C=O) groups excluding carboxylic acids is 1. The summed E-state index contributed by atoms with van der Waals surface area (Å²) in [5.41, 5.74) is -0.624. The van der Waals surface area contributed by atoms with Crippen molar-refractivity contribution in [2.24, 2.45) is 0 Å². The summed E-state index contributed by atoms with van der Waals surface area (Å²) in [6.07, 6.45) is 1.25. The molecule has 0 saturated carbocycles. The molecule has 1 N–H and O–H groups in total. The molecule has 3 rings (SSSR count). The number of halogens is 2. The molecule has 0 radical (unpaired) electrons. The van der Waals surface area contributed by atoms with E-state index in [0.29, 0.717) is 17.2 Å². The van der Waals surface area contributed by atoms with Gasteiger partial charge < -0.3 is 10.1 Å². The van der Waals surface area contributed by atoms with Crippen molar-refractivity contribution >= 4 is 50.1 Å². The van der Waals surface area contributed by atoms with Gasteiger partial charge in [-0.15, -0.1) is 0 Å². The van der Waals surface area contributed by atoms with Crippen molar-refractivity contribution < 1.29 is 17.9 Å². The van der Waals surface area contributed by atoms with E-state index in [0.717, 1.165) is 0 Å². The van der Waals surface area contributed by atoms with E-state index in [-0.39, 0.29) is 34.2 Å². The van der Waals surface area contributed by atoms with Crippen molar-refractivity contribution in [2.45, 2.75) is 43.7 Å². The zero-order valence-corrected chi connectivity index (χ0v) is 18.0. The Morgan fingerprint density at radius 2 is 2.04 bits per heavy atom. The quantitative estimate of drug-likeness (QED) is 0.724. The van der Waals surface area contributed by atoms with E-state index >= 15 is 0 Å². The maximum atomic E-state index is 13.2. The third-order valence-electron chi connectivity index (χ3n) is 4.27. The van der Waals surface area contributed by atoms with Crippen molar-refractivity contribution in [1.82, 2.24) is 14.6 Å². The molecule has 0 unspecified atom stereocenters. The second-order valence-electron chi connectivity index (χ2n) is 7.57. The van der Waals surface area contributed by atoms with Gasteiger partial charge >= 0.3 is 6.09 Å². The number of hydrogen-bond donors (Lipinski definition) is 1. The Morgan fingerprint density at radius 3 is 2.71 bits per heavy atom. The lowest BCUT2D eigenvalue weighted by atomic mass is 10.2. The minimum atomic E-state index is -3.84. The van der Waals surface area contributed by atoms with Crippen LogP contribution in [0.3, 0.4) is 0 Å². The first-order valence-corrected chi connectivity index (χ1v) is 10.9. The number of rotatable bonds is 3. The highest BCUT2D eigenvalue weighted by molar-refractivity contribution is 7.89. The van der Waals surface area contributed by atoms with E-state index in [1.807, 2.05) is 0 Å². The first-order chi connectivity index (χ1) is 13.0. The smallest absolute Gasteiger partial charge is 0.407 e. The number of ether oxygens (including phenoxy) is 1.